The van der Waals surface area contributed by atoms with Gasteiger partial charge in [-0.25, -0.2) is 14.5 Å². The number of aromatic nitrogens is 4. The van der Waals surface area contributed by atoms with Gasteiger partial charge in [0, 0.05) is 17.5 Å². The highest BCUT2D eigenvalue weighted by molar-refractivity contribution is 7.98. The van der Waals surface area contributed by atoms with Crippen molar-refractivity contribution in [2.75, 3.05) is 12.8 Å². The first kappa shape index (κ1) is 13.1. The Morgan fingerprint density at radius 2 is 2.14 bits per heavy atom. The van der Waals surface area contributed by atoms with Crippen molar-refractivity contribution in [3.05, 3.63) is 17.6 Å². The second-order valence-corrected chi connectivity index (χ2v) is 6.63. The zero-order valence-electron chi connectivity index (χ0n) is 11.9. The third-order valence-corrected chi connectivity index (χ3v) is 5.25. The first-order valence-corrected chi connectivity index (χ1v) is 8.54. The van der Waals surface area contributed by atoms with Gasteiger partial charge in [-0.15, -0.1) is 0 Å². The maximum atomic E-state index is 12.2. The summed E-state index contributed by atoms with van der Waals surface area (Å²) in [5.41, 5.74) is 2.40. The Labute approximate surface area is 126 Å². The smallest absolute Gasteiger partial charge is 0.272 e. The quantitative estimate of drug-likeness (QED) is 0.813. The Bertz CT molecular complexity index is 719. The molecule has 2 aromatic heterocycles. The molecule has 2 aliphatic rings. The summed E-state index contributed by atoms with van der Waals surface area (Å²) < 4.78 is 1.66. The third-order valence-electron chi connectivity index (χ3n) is 4.69. The van der Waals surface area contributed by atoms with E-state index < -0.39 is 0 Å². The van der Waals surface area contributed by atoms with E-state index in [-0.39, 0.29) is 11.3 Å². The van der Waals surface area contributed by atoms with Gasteiger partial charge in [0.1, 0.15) is 6.33 Å². The Balaban J connectivity index is 1.99. The molecule has 0 unspecified atom stereocenters. The summed E-state index contributed by atoms with van der Waals surface area (Å²) in [7, 11) is 0. The zero-order chi connectivity index (χ0) is 14.4. The molecule has 1 spiro atoms. The molecule has 1 saturated carbocycles. The Kier molecular flexibility index (Phi) is 2.92. The van der Waals surface area contributed by atoms with Gasteiger partial charge in [-0.05, 0) is 19.1 Å². The Hall–Kier alpha value is -1.63. The van der Waals surface area contributed by atoms with E-state index in [0.717, 1.165) is 29.2 Å². The van der Waals surface area contributed by atoms with Gasteiger partial charge in [0.2, 0.25) is 0 Å². The SMILES string of the molecule is CSc1ncn2nc3c(c2n1)C1(CCCCC1)CNC3=O. The number of nitrogens with zero attached hydrogens (tertiary/aromatic N) is 4. The molecule has 1 amide bonds. The van der Waals surface area contributed by atoms with Crippen LogP contribution in [-0.4, -0.2) is 38.3 Å². The molecule has 0 atom stereocenters. The monoisotopic (exact) mass is 303 g/mol. The van der Waals surface area contributed by atoms with Gasteiger partial charge in [0.25, 0.3) is 5.91 Å². The lowest BCUT2D eigenvalue weighted by Gasteiger charge is -2.39. The highest BCUT2D eigenvalue weighted by Gasteiger charge is 2.44. The van der Waals surface area contributed by atoms with Gasteiger partial charge >= 0.3 is 0 Å². The van der Waals surface area contributed by atoms with E-state index in [4.69, 9.17) is 0 Å². The van der Waals surface area contributed by atoms with Crippen LogP contribution in [0, 0.1) is 0 Å². The van der Waals surface area contributed by atoms with Gasteiger partial charge < -0.3 is 5.32 Å². The molecule has 110 valence electrons. The molecule has 7 heteroatoms. The van der Waals surface area contributed by atoms with Gasteiger partial charge in [-0.1, -0.05) is 31.0 Å². The van der Waals surface area contributed by atoms with E-state index in [9.17, 15) is 4.79 Å². The minimum absolute atomic E-state index is 0.00722. The lowest BCUT2D eigenvalue weighted by molar-refractivity contribution is 0.0907. The maximum Gasteiger partial charge on any atom is 0.272 e. The summed E-state index contributed by atoms with van der Waals surface area (Å²) in [6.07, 6.45) is 9.49. The molecule has 1 N–H and O–H groups in total. The van der Waals surface area contributed by atoms with E-state index in [0.29, 0.717) is 12.2 Å². The molecule has 1 fully saturated rings. The molecule has 0 bridgehead atoms. The highest BCUT2D eigenvalue weighted by Crippen LogP contribution is 2.43. The van der Waals surface area contributed by atoms with Gasteiger partial charge in [-0.3, -0.25) is 4.79 Å². The summed E-state index contributed by atoms with van der Waals surface area (Å²) >= 11 is 1.51. The number of nitrogens with one attached hydrogen (secondary N) is 1. The van der Waals surface area contributed by atoms with Crippen LogP contribution in [0.2, 0.25) is 0 Å². The van der Waals surface area contributed by atoms with Crippen LogP contribution in [0.15, 0.2) is 11.5 Å². The molecule has 6 nitrogen and oxygen atoms in total. The summed E-state index contributed by atoms with van der Waals surface area (Å²) in [6, 6.07) is 0. The van der Waals surface area contributed by atoms with Crippen molar-refractivity contribution in [2.45, 2.75) is 42.7 Å². The van der Waals surface area contributed by atoms with E-state index in [2.05, 4.69) is 20.4 Å². The second kappa shape index (κ2) is 4.69. The number of hydrogen-bond acceptors (Lipinski definition) is 5. The van der Waals surface area contributed by atoms with Crippen LogP contribution in [0.1, 0.15) is 48.2 Å². The number of carbonyl (C=O) groups is 1. The fourth-order valence-electron chi connectivity index (χ4n) is 3.66. The third kappa shape index (κ3) is 1.87. The van der Waals surface area contributed by atoms with Crippen LogP contribution >= 0.6 is 11.8 Å². The van der Waals surface area contributed by atoms with Crippen LogP contribution in [0.5, 0.6) is 0 Å². The summed E-state index contributed by atoms with van der Waals surface area (Å²) in [5, 5.41) is 8.17. The standard InChI is InChI=1S/C14H17N5OS/c1-21-13-16-8-19-11(17-13)9-10(18-19)12(20)15-7-14(9)5-3-2-4-6-14/h8H,2-7H2,1H3,(H,15,20). The molecule has 0 aromatic carbocycles. The fraction of sp³-hybridized carbons (Fsp3) is 0.571. The molecule has 1 aliphatic carbocycles. The molecule has 2 aromatic rings. The first-order chi connectivity index (χ1) is 10.2. The van der Waals surface area contributed by atoms with Crippen LogP contribution in [0.4, 0.5) is 0 Å². The zero-order valence-corrected chi connectivity index (χ0v) is 12.7. The summed E-state index contributed by atoms with van der Waals surface area (Å²) in [6.45, 7) is 0.707. The molecule has 3 heterocycles. The summed E-state index contributed by atoms with van der Waals surface area (Å²) in [5.74, 6) is -0.0857. The molecule has 1 aliphatic heterocycles. The lowest BCUT2D eigenvalue weighted by Crippen LogP contribution is -2.47. The maximum absolute atomic E-state index is 12.2. The van der Waals surface area contributed by atoms with Crippen molar-refractivity contribution in [1.82, 2.24) is 24.9 Å². The van der Waals surface area contributed by atoms with Crippen molar-refractivity contribution in [3.8, 4) is 0 Å². The van der Waals surface area contributed by atoms with Crippen LogP contribution in [0.25, 0.3) is 5.65 Å². The first-order valence-electron chi connectivity index (χ1n) is 7.32. The predicted octanol–water partition coefficient (Wildman–Crippen LogP) is 1.79. The minimum atomic E-state index is -0.0857. The number of rotatable bonds is 1. The summed E-state index contributed by atoms with van der Waals surface area (Å²) in [4.78, 5) is 21.1. The number of amides is 1. The van der Waals surface area contributed by atoms with Crippen LogP contribution in [0.3, 0.4) is 0 Å². The molecular formula is C14H17N5OS. The van der Waals surface area contributed by atoms with E-state index in [1.807, 2.05) is 6.26 Å². The molecule has 0 saturated heterocycles. The molecule has 21 heavy (non-hydrogen) atoms. The second-order valence-electron chi connectivity index (χ2n) is 5.86. The number of carbonyl (C=O) groups excluding carboxylic acids is 1. The lowest BCUT2D eigenvalue weighted by atomic mass is 9.68. The predicted molar refractivity (Wildman–Crippen MR) is 79.7 cm³/mol. The van der Waals surface area contributed by atoms with Crippen molar-refractivity contribution in [1.29, 1.82) is 0 Å². The number of hydrogen-bond donors (Lipinski definition) is 1. The molecule has 4 rings (SSSR count). The topological polar surface area (TPSA) is 72.2 Å². The van der Waals surface area contributed by atoms with Crippen molar-refractivity contribution in [2.24, 2.45) is 0 Å². The van der Waals surface area contributed by atoms with Gasteiger partial charge in [0.15, 0.2) is 16.5 Å². The highest BCUT2D eigenvalue weighted by atomic mass is 32.2. The van der Waals surface area contributed by atoms with Crippen molar-refractivity contribution in [3.63, 3.8) is 0 Å². The fourth-order valence-corrected chi connectivity index (χ4v) is 3.99. The van der Waals surface area contributed by atoms with Gasteiger partial charge in [-0.2, -0.15) is 5.10 Å². The number of thioether (sulfide) groups is 1. The van der Waals surface area contributed by atoms with Crippen LogP contribution in [-0.2, 0) is 5.41 Å². The van der Waals surface area contributed by atoms with Crippen LogP contribution < -0.4 is 5.32 Å². The minimum Gasteiger partial charge on any atom is -0.350 e. The molecular weight excluding hydrogens is 286 g/mol. The van der Waals surface area contributed by atoms with Crippen molar-refractivity contribution < 1.29 is 4.79 Å². The van der Waals surface area contributed by atoms with E-state index >= 15 is 0 Å². The average Bonchev–Trinajstić information content (AvgIpc) is 2.92. The van der Waals surface area contributed by atoms with E-state index in [1.54, 1.807) is 10.8 Å². The Morgan fingerprint density at radius 1 is 1.33 bits per heavy atom. The average molecular weight is 303 g/mol. The Morgan fingerprint density at radius 3 is 2.90 bits per heavy atom. The van der Waals surface area contributed by atoms with E-state index in [1.165, 1.54) is 31.0 Å². The normalized spacial score (nSPS) is 20.5. The largest absolute Gasteiger partial charge is 0.350 e. The number of fused-ring (bicyclic) bond motifs is 4. The van der Waals surface area contributed by atoms with Gasteiger partial charge in [0.05, 0.1) is 0 Å². The van der Waals surface area contributed by atoms with Crippen molar-refractivity contribution >= 4 is 23.3 Å². The molecule has 0 radical (unpaired) electrons.